The van der Waals surface area contributed by atoms with Gasteiger partial charge in [-0.05, 0) is 109 Å². The van der Waals surface area contributed by atoms with Gasteiger partial charge in [-0.25, -0.2) is 9.97 Å². The van der Waals surface area contributed by atoms with Crippen molar-refractivity contribution in [2.75, 3.05) is 10.6 Å². The lowest BCUT2D eigenvalue weighted by Crippen LogP contribution is -2.14. The van der Waals surface area contributed by atoms with Gasteiger partial charge in [-0.1, -0.05) is 105 Å². The van der Waals surface area contributed by atoms with E-state index in [1.165, 1.54) is 0 Å². The molecule has 0 saturated carbocycles. The molecule has 0 radical (unpaired) electrons. The maximum Gasteiger partial charge on any atom is 0.256 e. The van der Waals surface area contributed by atoms with Crippen LogP contribution >= 0.6 is 31.9 Å². The molecule has 6 aromatic carbocycles. The van der Waals surface area contributed by atoms with Crippen LogP contribution in [-0.2, 0) is 0 Å². The molecule has 0 atom stereocenters. The van der Waals surface area contributed by atoms with E-state index in [4.69, 9.17) is 9.97 Å². The number of para-hydroxylation sites is 2. The smallest absolute Gasteiger partial charge is 0.256 e. The van der Waals surface area contributed by atoms with Crippen LogP contribution in [0.4, 0.5) is 11.4 Å². The molecule has 8 heteroatoms. The lowest BCUT2D eigenvalue weighted by molar-refractivity contribution is 0.102. The Hall–Kier alpha value is -5.96. The first-order chi connectivity index (χ1) is 26.2. The third kappa shape index (κ3) is 7.18. The molecule has 8 aromatic rings. The fourth-order valence-electron chi connectivity index (χ4n) is 6.61. The predicted octanol–water partition coefficient (Wildman–Crippen LogP) is 12.4. The van der Waals surface area contributed by atoms with E-state index in [0.29, 0.717) is 11.1 Å². The molecule has 0 saturated heterocycles. The van der Waals surface area contributed by atoms with Crippen LogP contribution in [0, 0.1) is 13.8 Å². The summed E-state index contributed by atoms with van der Waals surface area (Å²) in [5.74, 6) is -0.408. The average Bonchev–Trinajstić information content (AvgIpc) is 3.19. The number of aromatic nitrogens is 2. The highest BCUT2D eigenvalue weighted by Gasteiger charge is 2.18. The minimum Gasteiger partial charge on any atom is -0.322 e. The molecule has 54 heavy (non-hydrogen) atoms. The molecule has 0 aliphatic carbocycles. The fraction of sp³-hybridized carbons (Fsp3) is 0.0435. The molecule has 0 unspecified atom stereocenters. The van der Waals surface area contributed by atoms with Gasteiger partial charge in [-0.2, -0.15) is 0 Å². The van der Waals surface area contributed by atoms with Crippen LogP contribution in [-0.4, -0.2) is 21.8 Å². The molecule has 2 amide bonds. The number of pyridine rings is 2. The maximum absolute atomic E-state index is 13.8. The number of fused-ring (bicyclic) bond motifs is 2. The zero-order valence-corrected chi connectivity index (χ0v) is 32.5. The second-order valence-corrected chi connectivity index (χ2v) is 15.0. The normalized spacial score (nSPS) is 11.1. The van der Waals surface area contributed by atoms with E-state index in [0.717, 1.165) is 86.9 Å². The van der Waals surface area contributed by atoms with Gasteiger partial charge in [-0.3, -0.25) is 9.59 Å². The maximum atomic E-state index is 13.8. The van der Waals surface area contributed by atoms with Gasteiger partial charge in [-0.15, -0.1) is 0 Å². The van der Waals surface area contributed by atoms with Crippen molar-refractivity contribution in [1.82, 2.24) is 9.97 Å². The molecule has 2 aromatic heterocycles. The molecule has 2 heterocycles. The predicted molar refractivity (Wildman–Crippen MR) is 227 cm³/mol. The van der Waals surface area contributed by atoms with E-state index < -0.39 is 0 Å². The molecule has 0 aliphatic rings. The lowest BCUT2D eigenvalue weighted by Gasteiger charge is -2.15. The number of aryl methyl sites for hydroxylation is 2. The summed E-state index contributed by atoms with van der Waals surface area (Å²) in [6.45, 7) is 3.97. The summed E-state index contributed by atoms with van der Waals surface area (Å²) in [5.41, 5.74) is 11.2. The van der Waals surface area contributed by atoms with Crippen LogP contribution in [0.2, 0.25) is 0 Å². The Morgan fingerprint density at radius 2 is 0.833 bits per heavy atom. The van der Waals surface area contributed by atoms with Gasteiger partial charge in [0.2, 0.25) is 0 Å². The van der Waals surface area contributed by atoms with Gasteiger partial charge in [0.1, 0.15) is 0 Å². The van der Waals surface area contributed by atoms with Crippen molar-refractivity contribution in [2.24, 2.45) is 0 Å². The zero-order valence-electron chi connectivity index (χ0n) is 29.3. The number of rotatable bonds is 7. The molecule has 0 aliphatic heterocycles. The number of hydrogen-bond acceptors (Lipinski definition) is 4. The van der Waals surface area contributed by atoms with Crippen LogP contribution in [0.3, 0.4) is 0 Å². The van der Waals surface area contributed by atoms with Crippen molar-refractivity contribution in [1.29, 1.82) is 0 Å². The Morgan fingerprint density at radius 3 is 1.22 bits per heavy atom. The van der Waals surface area contributed by atoms with Gasteiger partial charge in [0.15, 0.2) is 0 Å². The highest BCUT2D eigenvalue weighted by Crippen LogP contribution is 2.32. The van der Waals surface area contributed by atoms with Crippen LogP contribution in [0.15, 0.2) is 155 Å². The lowest BCUT2D eigenvalue weighted by atomic mass is 9.99. The largest absolute Gasteiger partial charge is 0.322 e. The standard InChI is InChI=1S/C46H32Br2N4O2/c1-27-23-31(15-21-39(27)51-45(53)37-25-43(29-11-17-33(47)18-12-29)49-41-9-5-3-7-35(37)41)32-16-22-40(28(2)24-32)52-46(54)38-26-44(30-13-19-34(48)20-14-30)50-42-10-6-4-8-36(38)42/h3-26H,1-2H3,(H,51,53)(H,52,54). The summed E-state index contributed by atoms with van der Waals surface area (Å²) in [7, 11) is 0. The highest BCUT2D eigenvalue weighted by molar-refractivity contribution is 9.10. The Morgan fingerprint density at radius 1 is 0.463 bits per heavy atom. The summed E-state index contributed by atoms with van der Waals surface area (Å²) in [5, 5.41) is 7.86. The van der Waals surface area contributed by atoms with E-state index in [-0.39, 0.29) is 11.8 Å². The van der Waals surface area contributed by atoms with Gasteiger partial charge in [0.25, 0.3) is 11.8 Å². The van der Waals surface area contributed by atoms with Crippen LogP contribution in [0.5, 0.6) is 0 Å². The van der Waals surface area contributed by atoms with E-state index in [1.54, 1.807) is 0 Å². The molecule has 8 rings (SSSR count). The number of halogens is 2. The van der Waals surface area contributed by atoms with Gasteiger partial charge in [0, 0.05) is 42.2 Å². The van der Waals surface area contributed by atoms with E-state index in [1.807, 2.05) is 147 Å². The van der Waals surface area contributed by atoms with Crippen molar-refractivity contribution >= 4 is 76.9 Å². The topological polar surface area (TPSA) is 84.0 Å². The number of carbonyl (C=O) groups is 2. The summed E-state index contributed by atoms with van der Waals surface area (Å²) in [6, 6.07) is 46.9. The summed E-state index contributed by atoms with van der Waals surface area (Å²) < 4.78 is 1.95. The first-order valence-electron chi connectivity index (χ1n) is 17.4. The quantitative estimate of drug-likeness (QED) is 0.168. The number of hydrogen-bond donors (Lipinski definition) is 2. The van der Waals surface area contributed by atoms with Crippen LogP contribution in [0.1, 0.15) is 31.8 Å². The number of carbonyl (C=O) groups excluding carboxylic acids is 2. The number of anilines is 2. The fourth-order valence-corrected chi connectivity index (χ4v) is 7.14. The molecule has 262 valence electrons. The third-order valence-corrected chi connectivity index (χ3v) is 10.5. The third-order valence-electron chi connectivity index (χ3n) is 9.48. The average molecular weight is 833 g/mol. The number of amides is 2. The number of nitrogens with one attached hydrogen (secondary N) is 2. The van der Waals surface area contributed by atoms with E-state index >= 15 is 0 Å². The van der Waals surface area contributed by atoms with Crippen molar-refractivity contribution < 1.29 is 9.59 Å². The molecule has 0 fully saturated rings. The molecular weight excluding hydrogens is 800 g/mol. The number of nitrogens with zero attached hydrogens (tertiary/aromatic N) is 2. The second kappa shape index (κ2) is 14.8. The number of benzene rings is 6. The highest BCUT2D eigenvalue weighted by atomic mass is 79.9. The molecular formula is C46H32Br2N4O2. The second-order valence-electron chi connectivity index (χ2n) is 13.1. The van der Waals surface area contributed by atoms with Crippen molar-refractivity contribution in [3.63, 3.8) is 0 Å². The Balaban J connectivity index is 1.03. The van der Waals surface area contributed by atoms with Crippen LogP contribution < -0.4 is 10.6 Å². The Bertz CT molecular complexity index is 2560. The van der Waals surface area contributed by atoms with Crippen LogP contribution in [0.25, 0.3) is 55.4 Å². The molecule has 0 bridgehead atoms. The first kappa shape index (κ1) is 35.1. The van der Waals surface area contributed by atoms with Crippen molar-refractivity contribution in [3.05, 3.63) is 177 Å². The van der Waals surface area contributed by atoms with Crippen molar-refractivity contribution in [2.45, 2.75) is 13.8 Å². The molecule has 2 N–H and O–H groups in total. The van der Waals surface area contributed by atoms with Gasteiger partial charge >= 0.3 is 0 Å². The monoisotopic (exact) mass is 830 g/mol. The van der Waals surface area contributed by atoms with Crippen molar-refractivity contribution in [3.8, 4) is 33.6 Å². The Labute approximate surface area is 329 Å². The Kier molecular flexibility index (Phi) is 9.63. The minimum atomic E-state index is -0.204. The zero-order chi connectivity index (χ0) is 37.3. The molecule has 6 nitrogen and oxygen atoms in total. The summed E-state index contributed by atoms with van der Waals surface area (Å²) in [4.78, 5) is 37.3. The SMILES string of the molecule is Cc1cc(-c2ccc(NC(=O)c3cc(-c4ccc(Br)cc4)nc4ccccc34)c(C)c2)ccc1NC(=O)c1cc(-c2ccc(Br)cc2)nc2ccccc12. The van der Waals surface area contributed by atoms with E-state index in [9.17, 15) is 9.59 Å². The van der Waals surface area contributed by atoms with Gasteiger partial charge in [0.05, 0.1) is 33.5 Å². The van der Waals surface area contributed by atoms with Gasteiger partial charge < -0.3 is 10.6 Å². The first-order valence-corrected chi connectivity index (χ1v) is 18.9. The summed E-state index contributed by atoms with van der Waals surface area (Å²) in [6.07, 6.45) is 0. The summed E-state index contributed by atoms with van der Waals surface area (Å²) >= 11 is 6.99. The molecule has 0 spiro atoms. The minimum absolute atomic E-state index is 0.204. The van der Waals surface area contributed by atoms with E-state index in [2.05, 4.69) is 54.6 Å².